The second kappa shape index (κ2) is 6.20. The molecule has 0 saturated heterocycles. The number of primary amides is 1. The minimum atomic E-state index is -0.397. The largest absolute Gasteiger partial charge is 0.366 e. The maximum atomic E-state index is 10.6. The Hall–Kier alpha value is -0.830. The van der Waals surface area contributed by atoms with E-state index in [0.717, 1.165) is 6.42 Å². The van der Waals surface area contributed by atoms with Gasteiger partial charge in [0, 0.05) is 12.1 Å². The smallest absolute Gasteiger partial charge is 0.241 e. The van der Waals surface area contributed by atoms with Gasteiger partial charge in [0.05, 0.1) is 0 Å². The summed E-state index contributed by atoms with van der Waals surface area (Å²) in [5.74, 6) is 0.276. The van der Waals surface area contributed by atoms with Crippen LogP contribution in [0, 0.1) is 11.3 Å². The Balaban J connectivity index is 4.40. The zero-order valence-electron chi connectivity index (χ0n) is 12.1. The summed E-state index contributed by atoms with van der Waals surface area (Å²) < 4.78 is 0. The van der Waals surface area contributed by atoms with Crippen LogP contribution in [0.15, 0.2) is 12.2 Å². The summed E-state index contributed by atoms with van der Waals surface area (Å²) in [7, 11) is 0. The highest BCUT2D eigenvalue weighted by molar-refractivity contribution is 5.85. The van der Waals surface area contributed by atoms with Crippen molar-refractivity contribution in [2.75, 3.05) is 6.54 Å². The molecule has 0 unspecified atom stereocenters. The van der Waals surface area contributed by atoms with Crippen LogP contribution in [0.4, 0.5) is 0 Å². The summed E-state index contributed by atoms with van der Waals surface area (Å²) in [4.78, 5) is 10.6. The fourth-order valence-corrected chi connectivity index (χ4v) is 2.00. The summed E-state index contributed by atoms with van der Waals surface area (Å²) in [6.07, 6.45) is 4.33. The summed E-state index contributed by atoms with van der Waals surface area (Å²) in [6.45, 7) is 14.1. The maximum absolute atomic E-state index is 10.6. The number of hydrogen-bond acceptors (Lipinski definition) is 2. The van der Waals surface area contributed by atoms with Crippen molar-refractivity contribution < 1.29 is 4.79 Å². The average Bonchev–Trinajstić information content (AvgIpc) is 2.09. The highest BCUT2D eigenvalue weighted by atomic mass is 16.1. The molecule has 0 aromatic rings. The molecule has 0 aliphatic carbocycles. The van der Waals surface area contributed by atoms with Crippen molar-refractivity contribution in [1.29, 1.82) is 0 Å². The maximum Gasteiger partial charge on any atom is 0.241 e. The number of amides is 1. The molecule has 0 saturated carbocycles. The first-order chi connectivity index (χ1) is 7.58. The van der Waals surface area contributed by atoms with Gasteiger partial charge >= 0.3 is 0 Å². The van der Waals surface area contributed by atoms with E-state index in [1.54, 1.807) is 6.08 Å². The van der Waals surface area contributed by atoms with Gasteiger partial charge in [-0.1, -0.05) is 33.8 Å². The van der Waals surface area contributed by atoms with Gasteiger partial charge in [-0.25, -0.2) is 0 Å². The molecule has 0 spiro atoms. The Morgan fingerprint density at radius 2 is 1.82 bits per heavy atom. The van der Waals surface area contributed by atoms with Crippen LogP contribution in [-0.4, -0.2) is 18.0 Å². The van der Waals surface area contributed by atoms with Crippen molar-refractivity contribution >= 4 is 5.91 Å². The van der Waals surface area contributed by atoms with Gasteiger partial charge in [-0.2, -0.15) is 0 Å². The molecular weight excluding hydrogens is 212 g/mol. The second-order valence-corrected chi connectivity index (χ2v) is 6.29. The predicted octanol–water partition coefficient (Wildman–Crippen LogP) is 2.47. The number of rotatable bonds is 7. The zero-order chi connectivity index (χ0) is 13.7. The second-order valence-electron chi connectivity index (χ2n) is 6.29. The van der Waals surface area contributed by atoms with Crippen LogP contribution in [0.1, 0.15) is 48.0 Å². The highest BCUT2D eigenvalue weighted by Gasteiger charge is 2.36. The average molecular weight is 240 g/mol. The van der Waals surface area contributed by atoms with Gasteiger partial charge in [0.1, 0.15) is 0 Å². The van der Waals surface area contributed by atoms with Crippen molar-refractivity contribution in [2.45, 2.75) is 53.5 Å². The number of hydrogen-bond donors (Lipinski definition) is 2. The molecule has 0 rings (SSSR count). The molecule has 3 N–H and O–H groups in total. The molecular formula is C14H28N2O. The standard InChI is InChI=1S/C14H28N2O/c1-11(2)10-13(3,4)14(5,6)16-9-7-8-12(15)17/h7-8,11,16H,9-10H2,1-6H3,(H2,15,17)/b8-7+. The lowest BCUT2D eigenvalue weighted by Gasteiger charge is -2.43. The van der Waals surface area contributed by atoms with Crippen LogP contribution in [0.2, 0.25) is 0 Å². The first-order valence-corrected chi connectivity index (χ1v) is 6.29. The third kappa shape index (κ3) is 5.87. The number of carbonyl (C=O) groups excluding carboxylic acids is 1. The molecule has 0 aromatic heterocycles. The zero-order valence-corrected chi connectivity index (χ0v) is 12.1. The lowest BCUT2D eigenvalue weighted by Crippen LogP contribution is -2.51. The van der Waals surface area contributed by atoms with E-state index < -0.39 is 5.91 Å². The van der Waals surface area contributed by atoms with Crippen molar-refractivity contribution in [3.05, 3.63) is 12.2 Å². The van der Waals surface area contributed by atoms with Gasteiger partial charge in [0.25, 0.3) is 0 Å². The molecule has 17 heavy (non-hydrogen) atoms. The molecule has 3 nitrogen and oxygen atoms in total. The molecule has 3 heteroatoms. The van der Waals surface area contributed by atoms with Crippen LogP contribution < -0.4 is 11.1 Å². The fourth-order valence-electron chi connectivity index (χ4n) is 2.00. The van der Waals surface area contributed by atoms with Crippen molar-refractivity contribution in [3.8, 4) is 0 Å². The molecule has 0 aliphatic heterocycles. The Morgan fingerprint density at radius 3 is 2.24 bits per heavy atom. The predicted molar refractivity (Wildman–Crippen MR) is 73.7 cm³/mol. The van der Waals surface area contributed by atoms with E-state index in [9.17, 15) is 4.79 Å². The Labute approximate surface area is 106 Å². The third-order valence-corrected chi connectivity index (χ3v) is 3.55. The fraction of sp³-hybridized carbons (Fsp3) is 0.786. The topological polar surface area (TPSA) is 55.1 Å². The quantitative estimate of drug-likeness (QED) is 0.672. The lowest BCUT2D eigenvalue weighted by atomic mass is 9.69. The van der Waals surface area contributed by atoms with Crippen molar-refractivity contribution in [1.82, 2.24) is 5.32 Å². The van der Waals surface area contributed by atoms with Crippen LogP contribution in [0.25, 0.3) is 0 Å². The van der Waals surface area contributed by atoms with Crippen LogP contribution in [0.3, 0.4) is 0 Å². The molecule has 1 amide bonds. The minimum absolute atomic E-state index is 0.0132. The molecule has 0 fully saturated rings. The number of nitrogens with one attached hydrogen (secondary N) is 1. The molecule has 100 valence electrons. The van der Waals surface area contributed by atoms with E-state index in [0.29, 0.717) is 12.5 Å². The van der Waals surface area contributed by atoms with E-state index in [1.165, 1.54) is 6.08 Å². The number of carbonyl (C=O) groups is 1. The highest BCUT2D eigenvalue weighted by Crippen LogP contribution is 2.36. The minimum Gasteiger partial charge on any atom is -0.366 e. The van der Waals surface area contributed by atoms with Gasteiger partial charge < -0.3 is 11.1 Å². The molecule has 0 heterocycles. The van der Waals surface area contributed by atoms with E-state index in [2.05, 4.69) is 46.9 Å². The van der Waals surface area contributed by atoms with Gasteiger partial charge in [-0.3, -0.25) is 4.79 Å². The lowest BCUT2D eigenvalue weighted by molar-refractivity contribution is -0.113. The van der Waals surface area contributed by atoms with Crippen molar-refractivity contribution in [2.24, 2.45) is 17.1 Å². The van der Waals surface area contributed by atoms with E-state index in [1.807, 2.05) is 0 Å². The van der Waals surface area contributed by atoms with Crippen LogP contribution >= 0.6 is 0 Å². The normalized spacial score (nSPS) is 13.6. The molecule has 0 radical (unpaired) electrons. The van der Waals surface area contributed by atoms with Crippen molar-refractivity contribution in [3.63, 3.8) is 0 Å². The monoisotopic (exact) mass is 240 g/mol. The SMILES string of the molecule is CC(C)CC(C)(C)C(C)(C)NC/C=C/C(N)=O. The first kappa shape index (κ1) is 16.2. The van der Waals surface area contributed by atoms with Gasteiger partial charge in [0.15, 0.2) is 0 Å². The summed E-state index contributed by atoms with van der Waals surface area (Å²) in [6, 6.07) is 0. The molecule has 0 bridgehead atoms. The summed E-state index contributed by atoms with van der Waals surface area (Å²) in [5, 5.41) is 3.47. The van der Waals surface area contributed by atoms with E-state index in [-0.39, 0.29) is 11.0 Å². The summed E-state index contributed by atoms with van der Waals surface area (Å²) >= 11 is 0. The molecule has 0 aliphatic rings. The van der Waals surface area contributed by atoms with Gasteiger partial charge in [-0.15, -0.1) is 0 Å². The molecule has 0 aromatic carbocycles. The van der Waals surface area contributed by atoms with Crippen LogP contribution in [-0.2, 0) is 4.79 Å². The van der Waals surface area contributed by atoms with E-state index >= 15 is 0 Å². The first-order valence-electron chi connectivity index (χ1n) is 6.29. The third-order valence-electron chi connectivity index (χ3n) is 3.55. The Morgan fingerprint density at radius 1 is 1.29 bits per heavy atom. The van der Waals surface area contributed by atoms with Crippen LogP contribution in [0.5, 0.6) is 0 Å². The molecule has 0 atom stereocenters. The van der Waals surface area contributed by atoms with E-state index in [4.69, 9.17) is 5.73 Å². The Kier molecular flexibility index (Phi) is 5.89. The van der Waals surface area contributed by atoms with Gasteiger partial charge in [0.2, 0.25) is 5.91 Å². The number of nitrogens with two attached hydrogens (primary N) is 1. The van der Waals surface area contributed by atoms with Gasteiger partial charge in [-0.05, 0) is 37.7 Å². The Bertz CT molecular complexity index is 278. The summed E-state index contributed by atoms with van der Waals surface area (Å²) in [5.41, 5.74) is 5.25.